The van der Waals surface area contributed by atoms with Gasteiger partial charge >= 0.3 is 0 Å². The van der Waals surface area contributed by atoms with E-state index in [4.69, 9.17) is 4.74 Å². The van der Waals surface area contributed by atoms with Crippen molar-refractivity contribution in [1.82, 2.24) is 9.78 Å². The molecule has 0 spiro atoms. The summed E-state index contributed by atoms with van der Waals surface area (Å²) in [6.07, 6.45) is 7.31. The highest BCUT2D eigenvalue weighted by Gasteiger charge is 2.34. The van der Waals surface area contributed by atoms with E-state index in [0.717, 1.165) is 32.1 Å². The van der Waals surface area contributed by atoms with Crippen molar-refractivity contribution >= 4 is 15.9 Å². The lowest BCUT2D eigenvalue weighted by molar-refractivity contribution is 0.145. The van der Waals surface area contributed by atoms with Crippen LogP contribution in [0.25, 0.3) is 0 Å². The molecule has 0 amide bonds. The monoisotopic (exact) mass is 408 g/mol. The van der Waals surface area contributed by atoms with Crippen LogP contribution in [0, 0.1) is 0 Å². The molecule has 140 valence electrons. The van der Waals surface area contributed by atoms with Crippen LogP contribution in [0.3, 0.4) is 0 Å². The molecule has 24 heavy (non-hydrogen) atoms. The Hall–Kier alpha value is -0.650. The summed E-state index contributed by atoms with van der Waals surface area (Å²) in [7, 11) is 1.39. The zero-order valence-corrected chi connectivity index (χ0v) is 17.0. The lowest BCUT2D eigenvalue weighted by Crippen LogP contribution is -2.31. The number of ether oxygens (including phenoxy) is 1. The Morgan fingerprint density at radius 3 is 2.17 bits per heavy atom. The fourth-order valence-electron chi connectivity index (χ4n) is 3.09. The molecule has 1 aromatic heterocycles. The zero-order chi connectivity index (χ0) is 18.2. The molecule has 1 atom stereocenters. The van der Waals surface area contributed by atoms with Crippen LogP contribution in [0.5, 0.6) is 5.88 Å². The maximum atomic E-state index is 13.4. The molecule has 0 fully saturated rings. The molecule has 1 unspecified atom stereocenters. The summed E-state index contributed by atoms with van der Waals surface area (Å²) in [4.78, 5) is 0. The Balaban J connectivity index is 3.02. The standard InChI is InChI=1S/C18H31BrF2N2O/c1-5-7-9-10-11-13-18(3,12-8-6-2)23-15(19)14(16(20)21)17(22-23)24-4/h16H,5-13H2,1-4H3. The fraction of sp³-hybridized carbons (Fsp3) is 0.833. The summed E-state index contributed by atoms with van der Waals surface area (Å²) < 4.78 is 33.9. The molecular formula is C18H31BrF2N2O. The number of hydrogen-bond donors (Lipinski definition) is 0. The largest absolute Gasteiger partial charge is 0.480 e. The molecule has 6 heteroatoms. The lowest BCUT2D eigenvalue weighted by atomic mass is 9.88. The van der Waals surface area contributed by atoms with Gasteiger partial charge in [0.05, 0.1) is 12.6 Å². The van der Waals surface area contributed by atoms with E-state index in [1.54, 1.807) is 4.68 Å². The summed E-state index contributed by atoms with van der Waals surface area (Å²) in [5, 5.41) is 4.36. The number of hydrogen-bond acceptors (Lipinski definition) is 2. The zero-order valence-electron chi connectivity index (χ0n) is 15.4. The topological polar surface area (TPSA) is 27.1 Å². The van der Waals surface area contributed by atoms with Crippen LogP contribution in [-0.2, 0) is 5.54 Å². The van der Waals surface area contributed by atoms with Crippen molar-refractivity contribution in [3.8, 4) is 5.88 Å². The van der Waals surface area contributed by atoms with Crippen molar-refractivity contribution in [2.75, 3.05) is 7.11 Å². The first-order valence-corrected chi connectivity index (χ1v) is 9.81. The molecule has 0 saturated heterocycles. The van der Waals surface area contributed by atoms with E-state index in [9.17, 15) is 8.78 Å². The molecule has 0 aromatic carbocycles. The van der Waals surface area contributed by atoms with Crippen LogP contribution in [0.2, 0.25) is 0 Å². The van der Waals surface area contributed by atoms with Gasteiger partial charge in [0.15, 0.2) is 0 Å². The predicted molar refractivity (Wildman–Crippen MR) is 98.0 cm³/mol. The molecule has 1 rings (SSSR count). The molecule has 3 nitrogen and oxygen atoms in total. The van der Waals surface area contributed by atoms with Crippen molar-refractivity contribution < 1.29 is 13.5 Å². The summed E-state index contributed by atoms with van der Waals surface area (Å²) >= 11 is 3.35. The number of alkyl halides is 2. The second kappa shape index (κ2) is 10.4. The Morgan fingerprint density at radius 1 is 1.08 bits per heavy atom. The molecule has 0 aliphatic rings. The van der Waals surface area contributed by atoms with Crippen molar-refractivity contribution in [2.24, 2.45) is 0 Å². The van der Waals surface area contributed by atoms with E-state index in [1.165, 1.54) is 32.8 Å². The minimum atomic E-state index is -2.61. The van der Waals surface area contributed by atoms with Crippen LogP contribution in [0.4, 0.5) is 8.78 Å². The minimum Gasteiger partial charge on any atom is -0.480 e. The van der Waals surface area contributed by atoms with Crippen LogP contribution >= 0.6 is 15.9 Å². The van der Waals surface area contributed by atoms with Gasteiger partial charge in [-0.2, -0.15) is 0 Å². The van der Waals surface area contributed by atoms with E-state index in [1.807, 2.05) is 0 Å². The van der Waals surface area contributed by atoms with Gasteiger partial charge in [-0.05, 0) is 35.7 Å². The number of unbranched alkanes of at least 4 members (excludes halogenated alkanes) is 5. The highest BCUT2D eigenvalue weighted by molar-refractivity contribution is 9.10. The van der Waals surface area contributed by atoms with E-state index >= 15 is 0 Å². The van der Waals surface area contributed by atoms with Crippen LogP contribution in [-0.4, -0.2) is 16.9 Å². The lowest BCUT2D eigenvalue weighted by Gasteiger charge is -2.31. The van der Waals surface area contributed by atoms with Gasteiger partial charge in [-0.25, -0.2) is 13.5 Å². The molecule has 0 bridgehead atoms. The Kier molecular flexibility index (Phi) is 9.24. The molecule has 1 aromatic rings. The van der Waals surface area contributed by atoms with E-state index in [-0.39, 0.29) is 17.0 Å². The second-order valence-corrected chi connectivity index (χ2v) is 7.44. The maximum absolute atomic E-state index is 13.4. The SMILES string of the molecule is CCCCCCCC(C)(CCCC)n1nc(OC)c(C(F)F)c1Br. The van der Waals surface area contributed by atoms with Gasteiger partial charge in [0.25, 0.3) is 6.43 Å². The summed E-state index contributed by atoms with van der Waals surface area (Å²) in [5.41, 5.74) is -0.423. The van der Waals surface area contributed by atoms with Gasteiger partial charge in [-0.3, -0.25) is 0 Å². The second-order valence-electron chi connectivity index (χ2n) is 6.69. The van der Waals surface area contributed by atoms with Crippen LogP contribution < -0.4 is 4.74 Å². The normalized spacial score (nSPS) is 14.2. The Morgan fingerprint density at radius 2 is 1.67 bits per heavy atom. The molecule has 0 radical (unpaired) electrons. The number of aromatic nitrogens is 2. The van der Waals surface area contributed by atoms with Crippen molar-refractivity contribution in [1.29, 1.82) is 0 Å². The molecule has 0 saturated carbocycles. The average Bonchev–Trinajstić information content (AvgIpc) is 2.90. The molecule has 0 aliphatic carbocycles. The molecule has 1 heterocycles. The van der Waals surface area contributed by atoms with Gasteiger partial charge < -0.3 is 4.74 Å². The maximum Gasteiger partial charge on any atom is 0.271 e. The van der Waals surface area contributed by atoms with Crippen LogP contribution in [0.1, 0.15) is 90.5 Å². The molecular weight excluding hydrogens is 378 g/mol. The Labute approximate surface area is 153 Å². The van der Waals surface area contributed by atoms with Gasteiger partial charge in [0, 0.05) is 0 Å². The third-order valence-electron chi connectivity index (χ3n) is 4.64. The number of rotatable bonds is 12. The van der Waals surface area contributed by atoms with Crippen LogP contribution in [0.15, 0.2) is 4.60 Å². The minimum absolute atomic E-state index is 0.0191. The van der Waals surface area contributed by atoms with Crippen molar-refractivity contribution in [2.45, 2.75) is 90.5 Å². The van der Waals surface area contributed by atoms with Gasteiger partial charge in [0.2, 0.25) is 5.88 Å². The highest BCUT2D eigenvalue weighted by atomic mass is 79.9. The highest BCUT2D eigenvalue weighted by Crippen LogP contribution is 2.40. The average molecular weight is 409 g/mol. The van der Waals surface area contributed by atoms with E-state index < -0.39 is 6.43 Å². The Bertz CT molecular complexity index is 494. The first-order chi connectivity index (χ1) is 11.4. The molecule has 0 N–H and O–H groups in total. The number of halogens is 3. The van der Waals surface area contributed by atoms with Crippen molar-refractivity contribution in [3.63, 3.8) is 0 Å². The third-order valence-corrected chi connectivity index (χ3v) is 5.40. The first-order valence-electron chi connectivity index (χ1n) is 9.02. The van der Waals surface area contributed by atoms with E-state index in [0.29, 0.717) is 4.60 Å². The predicted octanol–water partition coefficient (Wildman–Crippen LogP) is 6.86. The quantitative estimate of drug-likeness (QED) is 0.353. The van der Waals surface area contributed by atoms with Gasteiger partial charge in [0.1, 0.15) is 10.2 Å². The fourth-order valence-corrected chi connectivity index (χ4v) is 3.94. The third kappa shape index (κ3) is 5.43. The van der Waals surface area contributed by atoms with Gasteiger partial charge in [-0.1, -0.05) is 58.8 Å². The summed E-state index contributed by atoms with van der Waals surface area (Å²) in [6, 6.07) is 0. The summed E-state index contributed by atoms with van der Waals surface area (Å²) in [6.45, 7) is 6.46. The summed E-state index contributed by atoms with van der Waals surface area (Å²) in [5.74, 6) is 0.0191. The van der Waals surface area contributed by atoms with Gasteiger partial charge in [-0.15, -0.1) is 5.10 Å². The van der Waals surface area contributed by atoms with E-state index in [2.05, 4.69) is 41.8 Å². The smallest absolute Gasteiger partial charge is 0.271 e. The number of methoxy groups -OCH3 is 1. The van der Waals surface area contributed by atoms with Crippen molar-refractivity contribution in [3.05, 3.63) is 10.2 Å². The number of nitrogens with zero attached hydrogens (tertiary/aromatic N) is 2. The first kappa shape index (κ1) is 21.4. The molecule has 0 aliphatic heterocycles.